The van der Waals surface area contributed by atoms with Crippen molar-refractivity contribution in [2.75, 3.05) is 11.9 Å². The lowest BCUT2D eigenvalue weighted by Gasteiger charge is -2.15. The summed E-state index contributed by atoms with van der Waals surface area (Å²) in [5.41, 5.74) is 4.31. The van der Waals surface area contributed by atoms with Crippen LogP contribution >= 0.6 is 0 Å². The molecule has 0 aliphatic rings. The molecule has 0 saturated heterocycles. The third kappa shape index (κ3) is 6.43. The first-order valence-electron chi connectivity index (χ1n) is 11.6. The number of nitro groups is 1. The first-order valence-corrected chi connectivity index (χ1v) is 15.3. The fourth-order valence-electron chi connectivity index (χ4n) is 3.70. The third-order valence-electron chi connectivity index (χ3n) is 5.58. The molecule has 0 aliphatic heterocycles. The molecule has 180 valence electrons. The zero-order valence-electron chi connectivity index (χ0n) is 20.3. The molecule has 0 spiro atoms. The summed E-state index contributed by atoms with van der Waals surface area (Å²) in [7, 11) is -1.18. The van der Waals surface area contributed by atoms with Crippen LogP contribution in [0.2, 0.25) is 25.7 Å². The molecule has 3 aromatic carbocycles. The monoisotopic (exact) mass is 486 g/mol. The predicted molar refractivity (Wildman–Crippen MR) is 146 cm³/mol. The average molecular weight is 487 g/mol. The molecule has 0 radical (unpaired) electrons. The molecule has 0 amide bonds. The van der Waals surface area contributed by atoms with Gasteiger partial charge >= 0.3 is 0 Å². The number of hydrogen-bond acceptors (Lipinski definition) is 5. The van der Waals surface area contributed by atoms with Crippen LogP contribution in [0.15, 0.2) is 72.8 Å². The van der Waals surface area contributed by atoms with E-state index in [0.717, 1.165) is 33.9 Å². The second kappa shape index (κ2) is 10.7. The fourth-order valence-corrected chi connectivity index (χ4v) is 4.46. The maximum Gasteiger partial charge on any atom is 0.271 e. The SMILES string of the molecule is C[Si](C)(C)CCOCn1nc(C=Cc2ccccc2)c2c(Nc3cccc([N+](=O)[O-])c3)cccc21. The summed E-state index contributed by atoms with van der Waals surface area (Å²) >= 11 is 0. The summed E-state index contributed by atoms with van der Waals surface area (Å²) < 4.78 is 7.87. The summed E-state index contributed by atoms with van der Waals surface area (Å²) in [5, 5.41) is 20.4. The maximum absolute atomic E-state index is 11.2. The highest BCUT2D eigenvalue weighted by Gasteiger charge is 2.16. The number of hydrogen-bond donors (Lipinski definition) is 1. The van der Waals surface area contributed by atoms with E-state index in [4.69, 9.17) is 9.84 Å². The number of anilines is 2. The minimum absolute atomic E-state index is 0.0397. The second-order valence-corrected chi connectivity index (χ2v) is 15.2. The highest BCUT2D eigenvalue weighted by atomic mass is 28.3. The molecule has 35 heavy (non-hydrogen) atoms. The molecule has 4 aromatic rings. The van der Waals surface area contributed by atoms with Crippen molar-refractivity contribution in [3.05, 3.63) is 94.2 Å². The summed E-state index contributed by atoms with van der Waals surface area (Å²) in [6, 6.07) is 23.6. The van der Waals surface area contributed by atoms with Crippen molar-refractivity contribution >= 4 is 48.2 Å². The molecule has 4 rings (SSSR count). The van der Waals surface area contributed by atoms with Crippen molar-refractivity contribution in [3.8, 4) is 0 Å². The fraction of sp³-hybridized carbons (Fsp3) is 0.222. The van der Waals surface area contributed by atoms with Crippen LogP contribution in [0.5, 0.6) is 0 Å². The van der Waals surface area contributed by atoms with E-state index in [1.807, 2.05) is 71.4 Å². The first-order chi connectivity index (χ1) is 16.8. The van der Waals surface area contributed by atoms with Crippen molar-refractivity contribution in [2.45, 2.75) is 32.4 Å². The van der Waals surface area contributed by atoms with Crippen LogP contribution in [0, 0.1) is 10.1 Å². The van der Waals surface area contributed by atoms with Gasteiger partial charge in [0.2, 0.25) is 0 Å². The van der Waals surface area contributed by atoms with Crippen molar-refractivity contribution in [2.24, 2.45) is 0 Å². The molecule has 1 aromatic heterocycles. The van der Waals surface area contributed by atoms with Crippen LogP contribution < -0.4 is 5.32 Å². The van der Waals surface area contributed by atoms with Crippen molar-refractivity contribution in [3.63, 3.8) is 0 Å². The number of ether oxygens (including phenoxy) is 1. The van der Waals surface area contributed by atoms with E-state index in [1.54, 1.807) is 6.07 Å². The quantitative estimate of drug-likeness (QED) is 0.111. The summed E-state index contributed by atoms with van der Waals surface area (Å²) in [6.07, 6.45) is 4.02. The molecular weight excluding hydrogens is 456 g/mol. The van der Waals surface area contributed by atoms with E-state index < -0.39 is 13.0 Å². The molecule has 0 unspecified atom stereocenters. The van der Waals surface area contributed by atoms with E-state index in [-0.39, 0.29) is 5.69 Å². The molecule has 1 N–H and O–H groups in total. The Kier molecular flexibility index (Phi) is 7.43. The lowest BCUT2D eigenvalue weighted by atomic mass is 10.1. The van der Waals surface area contributed by atoms with Gasteiger partial charge in [0.25, 0.3) is 5.69 Å². The summed E-state index contributed by atoms with van der Waals surface area (Å²) in [5.74, 6) is 0. The van der Waals surface area contributed by atoms with Gasteiger partial charge in [-0.25, -0.2) is 4.68 Å². The van der Waals surface area contributed by atoms with Crippen LogP contribution in [0.3, 0.4) is 0 Å². The molecule has 7 nitrogen and oxygen atoms in total. The lowest BCUT2D eigenvalue weighted by molar-refractivity contribution is -0.384. The topological polar surface area (TPSA) is 82.2 Å². The minimum Gasteiger partial charge on any atom is -0.360 e. The number of non-ortho nitro benzene ring substituents is 1. The Morgan fingerprint density at radius 2 is 1.80 bits per heavy atom. The van der Waals surface area contributed by atoms with Gasteiger partial charge in [0.15, 0.2) is 0 Å². The Labute approximate surface area is 206 Å². The third-order valence-corrected chi connectivity index (χ3v) is 7.29. The Morgan fingerprint density at radius 3 is 2.54 bits per heavy atom. The molecule has 0 bridgehead atoms. The van der Waals surface area contributed by atoms with E-state index >= 15 is 0 Å². The highest BCUT2D eigenvalue weighted by molar-refractivity contribution is 6.76. The van der Waals surface area contributed by atoms with Crippen molar-refractivity contribution < 1.29 is 9.66 Å². The van der Waals surface area contributed by atoms with Gasteiger partial charge in [0.1, 0.15) is 6.73 Å². The highest BCUT2D eigenvalue weighted by Crippen LogP contribution is 2.31. The van der Waals surface area contributed by atoms with Crippen LogP contribution in [-0.2, 0) is 11.5 Å². The standard InChI is InChI=1S/C27H30N4O3Si/c1-35(2,3)18-17-34-20-30-26-14-8-13-24(28-22-11-7-12-23(19-22)31(32)33)27(26)25(29-30)16-15-21-9-5-4-6-10-21/h4-16,19,28H,17-18,20H2,1-3H3. The second-order valence-electron chi connectivity index (χ2n) is 9.61. The van der Waals surface area contributed by atoms with Crippen molar-refractivity contribution in [1.82, 2.24) is 9.78 Å². The van der Waals surface area contributed by atoms with Crippen LogP contribution in [0.1, 0.15) is 11.3 Å². The molecule has 0 fully saturated rings. The Balaban J connectivity index is 1.70. The number of nitro benzene ring substituents is 1. The van der Waals surface area contributed by atoms with Gasteiger partial charge in [-0.1, -0.05) is 68.2 Å². The molecular formula is C27H30N4O3Si. The molecule has 0 saturated carbocycles. The van der Waals surface area contributed by atoms with Gasteiger partial charge in [-0.05, 0) is 35.9 Å². The number of aromatic nitrogens is 2. The zero-order valence-corrected chi connectivity index (χ0v) is 21.3. The Morgan fingerprint density at radius 1 is 1.03 bits per heavy atom. The van der Waals surface area contributed by atoms with Crippen molar-refractivity contribution in [1.29, 1.82) is 0 Å². The number of benzene rings is 3. The average Bonchev–Trinajstić information content (AvgIpc) is 3.19. The van der Waals surface area contributed by atoms with Crippen LogP contribution in [0.4, 0.5) is 17.1 Å². The van der Waals surface area contributed by atoms with Gasteiger partial charge in [0, 0.05) is 32.5 Å². The maximum atomic E-state index is 11.2. The largest absolute Gasteiger partial charge is 0.360 e. The first kappa shape index (κ1) is 24.4. The summed E-state index contributed by atoms with van der Waals surface area (Å²) in [6.45, 7) is 8.06. The van der Waals surface area contributed by atoms with E-state index in [1.165, 1.54) is 12.1 Å². The molecule has 1 heterocycles. The van der Waals surface area contributed by atoms with E-state index in [9.17, 15) is 10.1 Å². The van der Waals surface area contributed by atoms with Gasteiger partial charge in [-0.15, -0.1) is 0 Å². The van der Waals surface area contributed by atoms with Gasteiger partial charge in [0.05, 0.1) is 27.2 Å². The van der Waals surface area contributed by atoms with E-state index in [0.29, 0.717) is 19.0 Å². The molecule has 0 atom stereocenters. The van der Waals surface area contributed by atoms with Crippen LogP contribution in [0.25, 0.3) is 23.1 Å². The Hall–Kier alpha value is -3.75. The van der Waals surface area contributed by atoms with Gasteiger partial charge in [-0.3, -0.25) is 10.1 Å². The normalized spacial score (nSPS) is 11.9. The Bertz CT molecular complexity index is 1340. The van der Waals surface area contributed by atoms with Gasteiger partial charge in [-0.2, -0.15) is 5.10 Å². The van der Waals surface area contributed by atoms with Crippen LogP contribution in [-0.4, -0.2) is 29.4 Å². The number of rotatable bonds is 10. The zero-order chi connectivity index (χ0) is 24.8. The van der Waals surface area contributed by atoms with Gasteiger partial charge < -0.3 is 10.1 Å². The number of nitrogens with zero attached hydrogens (tertiary/aromatic N) is 3. The number of fused-ring (bicyclic) bond motifs is 1. The summed E-state index contributed by atoms with van der Waals surface area (Å²) in [4.78, 5) is 10.8. The van der Waals surface area contributed by atoms with E-state index in [2.05, 4.69) is 25.0 Å². The minimum atomic E-state index is -1.18. The number of nitrogens with one attached hydrogen (secondary N) is 1. The molecule has 8 heteroatoms. The molecule has 0 aliphatic carbocycles. The smallest absolute Gasteiger partial charge is 0.271 e. The lowest BCUT2D eigenvalue weighted by Crippen LogP contribution is -2.22. The predicted octanol–water partition coefficient (Wildman–Crippen LogP) is 7.17.